The van der Waals surface area contributed by atoms with Crippen LogP contribution in [-0.2, 0) is 17.8 Å². The maximum Gasteiger partial charge on any atom is 0.226 e. The molecule has 5 rings (SSSR count). The summed E-state index contributed by atoms with van der Waals surface area (Å²) >= 11 is 0. The number of carbonyl (C=O) groups excluding carboxylic acids is 1. The second-order valence-corrected chi connectivity index (χ2v) is 8.53. The molecule has 32 heavy (non-hydrogen) atoms. The molecule has 2 aromatic carbocycles. The highest BCUT2D eigenvalue weighted by molar-refractivity contribution is 5.79. The van der Waals surface area contributed by atoms with E-state index in [1.165, 1.54) is 11.1 Å². The Hall–Kier alpha value is -3.41. The Morgan fingerprint density at radius 2 is 1.72 bits per heavy atom. The third-order valence-electron chi connectivity index (χ3n) is 6.65. The molecule has 6 nitrogen and oxygen atoms in total. The Kier molecular flexibility index (Phi) is 5.75. The zero-order chi connectivity index (χ0) is 21.9. The molecule has 3 heterocycles. The van der Waals surface area contributed by atoms with Crippen LogP contribution in [-0.4, -0.2) is 47.5 Å². The van der Waals surface area contributed by atoms with Gasteiger partial charge in [0.15, 0.2) is 0 Å². The van der Waals surface area contributed by atoms with Crippen molar-refractivity contribution in [2.45, 2.75) is 25.8 Å². The number of hydrogen-bond acceptors (Lipinski definition) is 5. The predicted octanol–water partition coefficient (Wildman–Crippen LogP) is 3.95. The van der Waals surface area contributed by atoms with Crippen molar-refractivity contribution in [2.75, 3.05) is 31.6 Å². The monoisotopic (exact) mass is 428 g/mol. The average Bonchev–Trinajstić information content (AvgIpc) is 2.88. The number of carbonyl (C=O) groups is 1. The molecular weight excluding hydrogens is 400 g/mol. The van der Waals surface area contributed by atoms with Gasteiger partial charge in [0.05, 0.1) is 12.8 Å². The molecule has 2 aliphatic rings. The fraction of sp³-hybridized carbons (Fsp3) is 0.346. The molecular formula is C26H28N4O2. The molecule has 1 saturated heterocycles. The molecule has 3 aromatic rings. The van der Waals surface area contributed by atoms with E-state index in [2.05, 4.69) is 44.0 Å². The molecule has 164 valence electrons. The van der Waals surface area contributed by atoms with Gasteiger partial charge in [0.25, 0.3) is 0 Å². The van der Waals surface area contributed by atoms with Gasteiger partial charge < -0.3 is 14.5 Å². The van der Waals surface area contributed by atoms with Crippen LogP contribution in [0.25, 0.3) is 11.3 Å². The topological polar surface area (TPSA) is 58.6 Å². The minimum absolute atomic E-state index is 0.0967. The van der Waals surface area contributed by atoms with Crippen molar-refractivity contribution in [1.29, 1.82) is 0 Å². The molecule has 0 radical (unpaired) electrons. The third-order valence-corrected chi connectivity index (χ3v) is 6.65. The number of rotatable bonds is 4. The van der Waals surface area contributed by atoms with Crippen LogP contribution in [0, 0.1) is 5.92 Å². The second kappa shape index (κ2) is 8.99. The molecule has 1 fully saturated rings. The van der Waals surface area contributed by atoms with E-state index in [0.717, 1.165) is 68.3 Å². The smallest absolute Gasteiger partial charge is 0.226 e. The average molecular weight is 429 g/mol. The first kappa shape index (κ1) is 20.5. The van der Waals surface area contributed by atoms with Crippen LogP contribution >= 0.6 is 0 Å². The molecule has 1 amide bonds. The number of methoxy groups -OCH3 is 1. The third kappa shape index (κ3) is 4.17. The summed E-state index contributed by atoms with van der Waals surface area (Å²) in [4.78, 5) is 26.4. The van der Waals surface area contributed by atoms with Crippen LogP contribution in [0.2, 0.25) is 0 Å². The van der Waals surface area contributed by atoms with E-state index in [4.69, 9.17) is 4.74 Å². The molecule has 6 heteroatoms. The lowest BCUT2D eigenvalue weighted by molar-refractivity contribution is -0.137. The number of amides is 1. The summed E-state index contributed by atoms with van der Waals surface area (Å²) in [6.45, 7) is 3.24. The van der Waals surface area contributed by atoms with E-state index in [1.807, 2.05) is 30.3 Å². The summed E-state index contributed by atoms with van der Waals surface area (Å²) in [7, 11) is 1.66. The normalized spacial score (nSPS) is 16.5. The molecule has 0 N–H and O–H groups in total. The van der Waals surface area contributed by atoms with Gasteiger partial charge in [0.2, 0.25) is 5.91 Å². The van der Waals surface area contributed by atoms with Crippen molar-refractivity contribution < 1.29 is 9.53 Å². The van der Waals surface area contributed by atoms with Crippen molar-refractivity contribution in [3.05, 3.63) is 72.1 Å². The number of fused-ring (bicyclic) bond motifs is 1. The van der Waals surface area contributed by atoms with Crippen molar-refractivity contribution in [2.24, 2.45) is 5.92 Å². The number of ether oxygens (including phenoxy) is 1. The number of piperidine rings is 1. The SMILES string of the molecule is COc1ccc(-c2cc(N3CCC(C(=O)N4CCc5ccccc5C4)CC3)ncn2)cc1. The van der Waals surface area contributed by atoms with Gasteiger partial charge in [-0.05, 0) is 54.7 Å². The zero-order valence-corrected chi connectivity index (χ0v) is 18.4. The van der Waals surface area contributed by atoms with Crippen LogP contribution in [0.4, 0.5) is 5.82 Å². The van der Waals surface area contributed by atoms with Gasteiger partial charge in [0, 0.05) is 43.7 Å². The second-order valence-electron chi connectivity index (χ2n) is 8.53. The Labute approximate surface area is 188 Å². The highest BCUT2D eigenvalue weighted by Gasteiger charge is 2.30. The van der Waals surface area contributed by atoms with Gasteiger partial charge >= 0.3 is 0 Å². The van der Waals surface area contributed by atoms with E-state index in [0.29, 0.717) is 5.91 Å². The number of anilines is 1. The Balaban J connectivity index is 1.22. The Morgan fingerprint density at radius 1 is 0.969 bits per heavy atom. The molecule has 0 atom stereocenters. The minimum atomic E-state index is 0.0967. The molecule has 0 unspecified atom stereocenters. The lowest BCUT2D eigenvalue weighted by atomic mass is 9.93. The van der Waals surface area contributed by atoms with Crippen LogP contribution in [0.5, 0.6) is 5.75 Å². The molecule has 1 aromatic heterocycles. The summed E-state index contributed by atoms with van der Waals surface area (Å²) in [5.41, 5.74) is 4.59. The van der Waals surface area contributed by atoms with Crippen molar-refractivity contribution >= 4 is 11.7 Å². The lowest BCUT2D eigenvalue weighted by Crippen LogP contribution is -2.44. The van der Waals surface area contributed by atoms with E-state index < -0.39 is 0 Å². The summed E-state index contributed by atoms with van der Waals surface area (Å²) in [5.74, 6) is 2.15. The molecule has 0 bridgehead atoms. The fourth-order valence-corrected chi connectivity index (χ4v) is 4.74. The highest BCUT2D eigenvalue weighted by atomic mass is 16.5. The predicted molar refractivity (Wildman–Crippen MR) is 125 cm³/mol. The molecule has 0 saturated carbocycles. The summed E-state index contributed by atoms with van der Waals surface area (Å²) < 4.78 is 5.24. The van der Waals surface area contributed by atoms with Crippen LogP contribution in [0.1, 0.15) is 24.0 Å². The van der Waals surface area contributed by atoms with E-state index in [9.17, 15) is 4.79 Å². The number of aromatic nitrogens is 2. The van der Waals surface area contributed by atoms with Crippen molar-refractivity contribution in [1.82, 2.24) is 14.9 Å². The molecule has 0 spiro atoms. The molecule has 2 aliphatic heterocycles. The summed E-state index contributed by atoms with van der Waals surface area (Å²) in [5, 5.41) is 0. The Morgan fingerprint density at radius 3 is 2.47 bits per heavy atom. The van der Waals surface area contributed by atoms with Gasteiger partial charge in [-0.1, -0.05) is 24.3 Å². The van der Waals surface area contributed by atoms with Crippen LogP contribution in [0.15, 0.2) is 60.9 Å². The Bertz CT molecular complexity index is 1090. The maximum absolute atomic E-state index is 13.2. The zero-order valence-electron chi connectivity index (χ0n) is 18.4. The van der Waals surface area contributed by atoms with Crippen molar-refractivity contribution in [3.8, 4) is 17.0 Å². The van der Waals surface area contributed by atoms with E-state index in [-0.39, 0.29) is 5.92 Å². The summed E-state index contributed by atoms with van der Waals surface area (Å²) in [6.07, 6.45) is 4.30. The number of hydrogen-bond donors (Lipinski definition) is 0. The van der Waals surface area contributed by atoms with Gasteiger partial charge in [-0.25, -0.2) is 9.97 Å². The van der Waals surface area contributed by atoms with Crippen molar-refractivity contribution in [3.63, 3.8) is 0 Å². The minimum Gasteiger partial charge on any atom is -0.497 e. The number of benzene rings is 2. The van der Waals surface area contributed by atoms with Gasteiger partial charge in [0.1, 0.15) is 17.9 Å². The first-order valence-corrected chi connectivity index (χ1v) is 11.3. The maximum atomic E-state index is 13.2. The molecule has 0 aliphatic carbocycles. The van der Waals surface area contributed by atoms with Crippen LogP contribution in [0.3, 0.4) is 0 Å². The van der Waals surface area contributed by atoms with Gasteiger partial charge in [-0.15, -0.1) is 0 Å². The van der Waals surface area contributed by atoms with E-state index >= 15 is 0 Å². The summed E-state index contributed by atoms with van der Waals surface area (Å²) in [6, 6.07) is 18.4. The van der Waals surface area contributed by atoms with Gasteiger partial charge in [-0.3, -0.25) is 4.79 Å². The number of nitrogens with zero attached hydrogens (tertiary/aromatic N) is 4. The first-order chi connectivity index (χ1) is 15.7. The first-order valence-electron chi connectivity index (χ1n) is 11.3. The fourth-order valence-electron chi connectivity index (χ4n) is 4.74. The largest absolute Gasteiger partial charge is 0.497 e. The van der Waals surface area contributed by atoms with Gasteiger partial charge in [-0.2, -0.15) is 0 Å². The highest BCUT2D eigenvalue weighted by Crippen LogP contribution is 2.28. The quantitative estimate of drug-likeness (QED) is 0.630. The standard InChI is InChI=1S/C26H28N4O2/c1-32-23-8-6-20(7-9-23)24-16-25(28-18-27-24)29-13-11-21(12-14-29)26(31)30-15-10-19-4-2-3-5-22(19)17-30/h2-9,16,18,21H,10-15,17H2,1H3. The van der Waals surface area contributed by atoms with Crippen LogP contribution < -0.4 is 9.64 Å². The van der Waals surface area contributed by atoms with E-state index in [1.54, 1.807) is 13.4 Å². The lowest BCUT2D eigenvalue weighted by Gasteiger charge is -2.36.